The fourth-order valence-electron chi connectivity index (χ4n) is 3.58. The van der Waals surface area contributed by atoms with Crippen LogP contribution in [0.3, 0.4) is 0 Å². The summed E-state index contributed by atoms with van der Waals surface area (Å²) in [4.78, 5) is 28.5. The third-order valence-electron chi connectivity index (χ3n) is 4.98. The van der Waals surface area contributed by atoms with Gasteiger partial charge in [0.25, 0.3) is 5.91 Å². The van der Waals surface area contributed by atoms with Gasteiger partial charge in [0.15, 0.2) is 17.3 Å². The van der Waals surface area contributed by atoms with Crippen LogP contribution in [0.5, 0.6) is 11.5 Å². The van der Waals surface area contributed by atoms with Crippen molar-refractivity contribution in [3.05, 3.63) is 53.2 Å². The summed E-state index contributed by atoms with van der Waals surface area (Å²) in [5.74, 6) is 0.566. The number of carbonyl (C=O) groups is 2. The van der Waals surface area contributed by atoms with E-state index in [1.807, 2.05) is 18.2 Å². The lowest BCUT2D eigenvalue weighted by atomic mass is 10.0. The van der Waals surface area contributed by atoms with Gasteiger partial charge in [-0.2, -0.15) is 0 Å². The van der Waals surface area contributed by atoms with Crippen molar-refractivity contribution < 1.29 is 19.1 Å². The number of hydrogen-bond acceptors (Lipinski definition) is 6. The second kappa shape index (κ2) is 6.84. The number of nitrogens with two attached hydrogens (primary N) is 1. The Morgan fingerprint density at radius 2 is 1.89 bits per heavy atom. The zero-order valence-corrected chi connectivity index (χ0v) is 15.5. The number of fused-ring (bicyclic) bond motifs is 2. The van der Waals surface area contributed by atoms with Crippen LogP contribution in [0.2, 0.25) is 0 Å². The molecule has 1 aromatic heterocycles. The van der Waals surface area contributed by atoms with Gasteiger partial charge in [-0.25, -0.2) is 0 Å². The molecule has 4 rings (SSSR count). The summed E-state index contributed by atoms with van der Waals surface area (Å²) < 4.78 is 10.7. The molecule has 0 unspecified atom stereocenters. The zero-order valence-electron chi connectivity index (χ0n) is 15.5. The van der Waals surface area contributed by atoms with Gasteiger partial charge < -0.3 is 20.5 Å². The van der Waals surface area contributed by atoms with Crippen LogP contribution in [0.1, 0.15) is 32.7 Å². The third kappa shape index (κ3) is 2.81. The van der Waals surface area contributed by atoms with Crippen molar-refractivity contribution in [1.29, 1.82) is 0 Å². The molecule has 1 aliphatic rings. The van der Waals surface area contributed by atoms with E-state index >= 15 is 0 Å². The van der Waals surface area contributed by atoms with Gasteiger partial charge in [-0.05, 0) is 24.1 Å². The maximum absolute atomic E-state index is 12.1. The molecule has 0 atom stereocenters. The topological polar surface area (TPSA) is 104 Å². The fourth-order valence-corrected chi connectivity index (χ4v) is 3.58. The lowest BCUT2D eigenvalue weighted by molar-refractivity contribution is 0.0989. The molecule has 0 fully saturated rings. The quantitative estimate of drug-likeness (QED) is 0.708. The van der Waals surface area contributed by atoms with Crippen LogP contribution in [-0.2, 0) is 6.42 Å². The average Bonchev–Trinajstić information content (AvgIpc) is 3.08. The molecule has 0 aliphatic heterocycles. The molecule has 3 N–H and O–H groups in total. The Bertz CT molecular complexity index is 1120. The van der Waals surface area contributed by atoms with Gasteiger partial charge in [0.05, 0.1) is 31.0 Å². The number of rotatable bonds is 5. The van der Waals surface area contributed by atoms with Crippen LogP contribution in [-0.4, -0.2) is 30.9 Å². The number of anilines is 2. The Morgan fingerprint density at radius 3 is 2.61 bits per heavy atom. The maximum Gasteiger partial charge on any atom is 0.252 e. The Labute approximate surface area is 161 Å². The molecule has 1 amide bonds. The minimum atomic E-state index is -0.602. The first-order valence-electron chi connectivity index (χ1n) is 8.80. The minimum absolute atomic E-state index is 0.125. The van der Waals surface area contributed by atoms with Crippen molar-refractivity contribution in [3.8, 4) is 11.5 Å². The first-order valence-corrected chi connectivity index (χ1v) is 8.80. The van der Waals surface area contributed by atoms with Crippen LogP contribution in [0.25, 0.3) is 10.9 Å². The van der Waals surface area contributed by atoms with Gasteiger partial charge in [0.1, 0.15) is 0 Å². The van der Waals surface area contributed by atoms with Crippen molar-refractivity contribution in [2.45, 2.75) is 12.8 Å². The van der Waals surface area contributed by atoms with Crippen LogP contribution in [0.4, 0.5) is 11.4 Å². The lowest BCUT2D eigenvalue weighted by Crippen LogP contribution is -2.14. The Kier molecular flexibility index (Phi) is 4.35. The molecule has 1 heterocycles. The third-order valence-corrected chi connectivity index (χ3v) is 4.98. The Balaban J connectivity index is 1.93. The highest BCUT2D eigenvalue weighted by atomic mass is 16.5. The molecule has 0 bridgehead atoms. The summed E-state index contributed by atoms with van der Waals surface area (Å²) in [5, 5.41) is 3.98. The second-order valence-electron chi connectivity index (χ2n) is 6.52. The van der Waals surface area contributed by atoms with Gasteiger partial charge in [-0.1, -0.05) is 12.1 Å². The SMILES string of the molecule is COc1cc2ncc(C(N)=O)c(Nc3cccc4c3CCC4=O)c2cc1OC. The van der Waals surface area contributed by atoms with E-state index in [-0.39, 0.29) is 11.3 Å². The molecule has 2 aromatic carbocycles. The highest BCUT2D eigenvalue weighted by Gasteiger charge is 2.23. The van der Waals surface area contributed by atoms with E-state index in [0.29, 0.717) is 46.5 Å². The van der Waals surface area contributed by atoms with Crippen molar-refractivity contribution in [2.75, 3.05) is 19.5 Å². The molecular formula is C21H19N3O4. The number of pyridine rings is 1. The van der Waals surface area contributed by atoms with Gasteiger partial charge in [-0.3, -0.25) is 14.6 Å². The summed E-state index contributed by atoms with van der Waals surface area (Å²) in [5.41, 5.74) is 9.40. The molecular weight excluding hydrogens is 358 g/mol. The van der Waals surface area contributed by atoms with Crippen molar-refractivity contribution in [3.63, 3.8) is 0 Å². The Hall–Kier alpha value is -3.61. The molecule has 28 heavy (non-hydrogen) atoms. The Morgan fingerprint density at radius 1 is 1.14 bits per heavy atom. The molecule has 0 spiro atoms. The van der Waals surface area contributed by atoms with Gasteiger partial charge >= 0.3 is 0 Å². The first-order chi connectivity index (χ1) is 13.5. The molecule has 0 saturated carbocycles. The number of Topliss-reactive ketones (excluding diaryl/α,β-unsaturated/α-hetero) is 1. The number of carbonyl (C=O) groups excluding carboxylic acids is 2. The first kappa shape index (κ1) is 17.8. The zero-order chi connectivity index (χ0) is 19.8. The average molecular weight is 377 g/mol. The van der Waals surface area contributed by atoms with Crippen LogP contribution in [0.15, 0.2) is 36.5 Å². The lowest BCUT2D eigenvalue weighted by Gasteiger charge is -2.17. The predicted octanol–water partition coefficient (Wildman–Crippen LogP) is 3.22. The van der Waals surface area contributed by atoms with E-state index in [1.165, 1.54) is 13.3 Å². The molecule has 0 radical (unpaired) electrons. The van der Waals surface area contributed by atoms with E-state index in [2.05, 4.69) is 10.3 Å². The van der Waals surface area contributed by atoms with Gasteiger partial charge in [0.2, 0.25) is 0 Å². The summed E-state index contributed by atoms with van der Waals surface area (Å²) in [6.45, 7) is 0. The summed E-state index contributed by atoms with van der Waals surface area (Å²) in [7, 11) is 3.09. The number of nitrogens with zero attached hydrogens (tertiary/aromatic N) is 1. The number of primary amides is 1. The van der Waals surface area contributed by atoms with E-state index in [9.17, 15) is 9.59 Å². The van der Waals surface area contributed by atoms with Crippen molar-refractivity contribution >= 4 is 34.0 Å². The maximum atomic E-state index is 12.1. The molecule has 7 heteroatoms. The number of ether oxygens (including phenoxy) is 2. The molecule has 3 aromatic rings. The highest BCUT2D eigenvalue weighted by molar-refractivity contribution is 6.09. The number of methoxy groups -OCH3 is 2. The number of benzene rings is 2. The number of hydrogen-bond donors (Lipinski definition) is 2. The molecule has 0 saturated heterocycles. The molecule has 1 aliphatic carbocycles. The van der Waals surface area contributed by atoms with Gasteiger partial charge in [-0.15, -0.1) is 0 Å². The summed E-state index contributed by atoms with van der Waals surface area (Å²) >= 11 is 0. The van der Waals surface area contributed by atoms with Crippen molar-refractivity contribution in [2.24, 2.45) is 5.73 Å². The van der Waals surface area contributed by atoms with Crippen LogP contribution >= 0.6 is 0 Å². The number of aromatic nitrogens is 1. The summed E-state index contributed by atoms with van der Waals surface area (Å²) in [6.07, 6.45) is 2.58. The van der Waals surface area contributed by atoms with Crippen LogP contribution in [0, 0.1) is 0 Å². The second-order valence-corrected chi connectivity index (χ2v) is 6.52. The van der Waals surface area contributed by atoms with Crippen LogP contribution < -0.4 is 20.5 Å². The van der Waals surface area contributed by atoms with Gasteiger partial charge in [0, 0.05) is 35.3 Å². The fraction of sp³-hybridized carbons (Fsp3) is 0.190. The van der Waals surface area contributed by atoms with E-state index < -0.39 is 5.91 Å². The number of amides is 1. The normalized spacial score (nSPS) is 12.7. The van der Waals surface area contributed by atoms with Crippen molar-refractivity contribution in [1.82, 2.24) is 4.98 Å². The predicted molar refractivity (Wildman–Crippen MR) is 106 cm³/mol. The van der Waals surface area contributed by atoms with E-state index in [0.717, 1.165) is 11.3 Å². The smallest absolute Gasteiger partial charge is 0.252 e. The molecule has 142 valence electrons. The molecule has 7 nitrogen and oxygen atoms in total. The van der Waals surface area contributed by atoms with E-state index in [4.69, 9.17) is 15.2 Å². The monoisotopic (exact) mass is 377 g/mol. The number of ketones is 1. The summed E-state index contributed by atoms with van der Waals surface area (Å²) in [6, 6.07) is 9.02. The minimum Gasteiger partial charge on any atom is -0.493 e. The van der Waals surface area contributed by atoms with E-state index in [1.54, 1.807) is 19.2 Å². The highest BCUT2D eigenvalue weighted by Crippen LogP contribution is 2.38. The largest absolute Gasteiger partial charge is 0.493 e. The standard InChI is InChI=1S/C21H19N3O4/c1-27-18-8-13-16(9-19(18)28-2)23-10-14(21(22)26)20(13)24-15-5-3-4-12-11(15)6-7-17(12)25/h3-5,8-10H,6-7H2,1-2H3,(H2,22,26)(H,23,24). The number of nitrogens with one attached hydrogen (secondary N) is 1.